The van der Waals surface area contributed by atoms with E-state index in [9.17, 15) is 13.2 Å². The van der Waals surface area contributed by atoms with Crippen LogP contribution < -0.4 is 0 Å². The molecule has 0 aliphatic heterocycles. The highest BCUT2D eigenvalue weighted by atomic mass is 32.2. The van der Waals surface area contributed by atoms with Gasteiger partial charge in [0.15, 0.2) is 9.84 Å². The zero-order chi connectivity index (χ0) is 13.3. The highest BCUT2D eigenvalue weighted by Crippen LogP contribution is 2.27. The van der Waals surface area contributed by atoms with Gasteiger partial charge in [-0.3, -0.25) is 0 Å². The Balaban J connectivity index is 2.63. The quantitative estimate of drug-likeness (QED) is 0.917. The van der Waals surface area contributed by atoms with Crippen LogP contribution in [-0.2, 0) is 15.6 Å². The van der Waals surface area contributed by atoms with Crippen molar-refractivity contribution >= 4 is 26.8 Å². The van der Waals surface area contributed by atoms with Crippen molar-refractivity contribution in [1.82, 2.24) is 0 Å². The summed E-state index contributed by atoms with van der Waals surface area (Å²) in [4.78, 5) is 11.2. The zero-order valence-corrected chi connectivity index (χ0v) is 10.5. The maximum Gasteiger partial charge on any atom is 0.339 e. The van der Waals surface area contributed by atoms with Crippen molar-refractivity contribution < 1.29 is 22.7 Å². The van der Waals surface area contributed by atoms with Crippen LogP contribution in [0.3, 0.4) is 0 Å². The lowest BCUT2D eigenvalue weighted by atomic mass is 10.1. The van der Waals surface area contributed by atoms with E-state index in [2.05, 4.69) is 0 Å². The number of sulfone groups is 1. The molecular formula is C12H12O5S. The van der Waals surface area contributed by atoms with Crippen LogP contribution in [0, 0.1) is 0 Å². The third kappa shape index (κ3) is 2.24. The van der Waals surface area contributed by atoms with Gasteiger partial charge in [-0.05, 0) is 6.07 Å². The van der Waals surface area contributed by atoms with Crippen molar-refractivity contribution in [3.05, 3.63) is 35.6 Å². The number of carbonyl (C=O) groups is 1. The largest absolute Gasteiger partial charge is 0.478 e. The third-order valence-corrected chi connectivity index (χ3v) is 4.25. The van der Waals surface area contributed by atoms with Gasteiger partial charge >= 0.3 is 5.97 Å². The molecule has 1 heterocycles. The van der Waals surface area contributed by atoms with Crippen molar-refractivity contribution in [3.63, 3.8) is 0 Å². The van der Waals surface area contributed by atoms with Crippen LogP contribution in [0.4, 0.5) is 0 Å². The van der Waals surface area contributed by atoms with Gasteiger partial charge in [-0.2, -0.15) is 0 Å². The molecule has 0 saturated carbocycles. The van der Waals surface area contributed by atoms with Gasteiger partial charge in [-0.15, -0.1) is 0 Å². The highest BCUT2D eigenvalue weighted by molar-refractivity contribution is 7.90. The molecule has 6 heteroatoms. The predicted molar refractivity (Wildman–Crippen MR) is 66.3 cm³/mol. The van der Waals surface area contributed by atoms with Crippen molar-refractivity contribution in [3.8, 4) is 0 Å². The molecule has 2 rings (SSSR count). The van der Waals surface area contributed by atoms with E-state index in [-0.39, 0.29) is 22.8 Å². The molecule has 5 nitrogen and oxygen atoms in total. The molecule has 0 spiro atoms. The minimum atomic E-state index is -3.33. The van der Waals surface area contributed by atoms with Crippen LogP contribution >= 0.6 is 0 Å². The Morgan fingerprint density at radius 3 is 2.61 bits per heavy atom. The van der Waals surface area contributed by atoms with Crippen molar-refractivity contribution in [2.75, 3.05) is 5.75 Å². The molecule has 1 aromatic carbocycles. The number of rotatable bonds is 4. The van der Waals surface area contributed by atoms with Gasteiger partial charge in [0.2, 0.25) is 0 Å². The van der Waals surface area contributed by atoms with E-state index < -0.39 is 15.8 Å². The monoisotopic (exact) mass is 268 g/mol. The van der Waals surface area contributed by atoms with Crippen LogP contribution in [0.5, 0.6) is 0 Å². The van der Waals surface area contributed by atoms with Crippen molar-refractivity contribution in [2.24, 2.45) is 0 Å². The number of benzene rings is 1. The van der Waals surface area contributed by atoms with E-state index in [1.54, 1.807) is 24.3 Å². The molecule has 0 aliphatic rings. The Morgan fingerprint density at radius 1 is 1.33 bits per heavy atom. The topological polar surface area (TPSA) is 84.6 Å². The third-order valence-electron chi connectivity index (χ3n) is 2.67. The molecule has 0 radical (unpaired) electrons. The molecule has 18 heavy (non-hydrogen) atoms. The van der Waals surface area contributed by atoms with E-state index in [0.717, 1.165) is 0 Å². The van der Waals surface area contributed by atoms with Crippen LogP contribution in [-0.4, -0.2) is 25.2 Å². The number of carboxylic acids is 1. The zero-order valence-electron chi connectivity index (χ0n) is 9.71. The fourth-order valence-electron chi connectivity index (χ4n) is 1.73. The van der Waals surface area contributed by atoms with Crippen LogP contribution in [0.1, 0.15) is 23.0 Å². The molecule has 0 aliphatic carbocycles. The molecule has 0 atom stereocenters. The second-order valence-electron chi connectivity index (χ2n) is 3.88. The van der Waals surface area contributed by atoms with Crippen LogP contribution in [0.2, 0.25) is 0 Å². The van der Waals surface area contributed by atoms with E-state index in [4.69, 9.17) is 9.52 Å². The van der Waals surface area contributed by atoms with Gasteiger partial charge in [0.1, 0.15) is 22.7 Å². The smallest absolute Gasteiger partial charge is 0.339 e. The maximum absolute atomic E-state index is 11.6. The minimum absolute atomic E-state index is 0.00875. The van der Waals surface area contributed by atoms with Crippen molar-refractivity contribution in [1.29, 1.82) is 0 Å². The normalized spacial score (nSPS) is 11.8. The maximum atomic E-state index is 11.6. The molecule has 0 bridgehead atoms. The van der Waals surface area contributed by atoms with Gasteiger partial charge in [-0.25, -0.2) is 13.2 Å². The fourth-order valence-corrected chi connectivity index (χ4v) is 2.54. The number of hydrogen-bond acceptors (Lipinski definition) is 4. The Kier molecular flexibility index (Phi) is 3.13. The van der Waals surface area contributed by atoms with Crippen LogP contribution in [0.15, 0.2) is 28.7 Å². The van der Waals surface area contributed by atoms with Gasteiger partial charge in [0.25, 0.3) is 0 Å². The average molecular weight is 268 g/mol. The molecular weight excluding hydrogens is 256 g/mol. The fraction of sp³-hybridized carbons (Fsp3) is 0.250. The average Bonchev–Trinajstić information content (AvgIpc) is 2.65. The molecule has 0 saturated heterocycles. The van der Waals surface area contributed by atoms with Gasteiger partial charge < -0.3 is 9.52 Å². The Hall–Kier alpha value is -1.82. The second-order valence-corrected chi connectivity index (χ2v) is 6.23. The number of hydrogen-bond donors (Lipinski definition) is 1. The standard InChI is InChI=1S/C12H12O5S/c1-2-18(15,16)7-10-11(12(13)14)8-5-3-4-6-9(8)17-10/h3-6H,2,7H2,1H3,(H,13,14). The van der Waals surface area contributed by atoms with Crippen molar-refractivity contribution in [2.45, 2.75) is 12.7 Å². The lowest BCUT2D eigenvalue weighted by Crippen LogP contribution is -2.09. The molecule has 0 fully saturated rings. The Morgan fingerprint density at radius 2 is 2.00 bits per heavy atom. The van der Waals surface area contributed by atoms with E-state index >= 15 is 0 Å². The minimum Gasteiger partial charge on any atom is -0.478 e. The SMILES string of the molecule is CCS(=O)(=O)Cc1oc2ccccc2c1C(=O)O. The first kappa shape index (κ1) is 12.6. The summed E-state index contributed by atoms with van der Waals surface area (Å²) in [6, 6.07) is 6.60. The predicted octanol–water partition coefficient (Wildman–Crippen LogP) is 2.07. The number of para-hydroxylation sites is 1. The van der Waals surface area contributed by atoms with E-state index in [1.165, 1.54) is 6.92 Å². The first-order chi connectivity index (χ1) is 8.44. The highest BCUT2D eigenvalue weighted by Gasteiger charge is 2.23. The first-order valence-electron chi connectivity index (χ1n) is 5.38. The Labute approximate surface area is 104 Å². The summed E-state index contributed by atoms with van der Waals surface area (Å²) in [6.45, 7) is 1.51. The Bertz CT molecular complexity index is 696. The van der Waals surface area contributed by atoms with E-state index in [0.29, 0.717) is 11.0 Å². The van der Waals surface area contributed by atoms with Gasteiger partial charge in [0, 0.05) is 11.1 Å². The number of fused-ring (bicyclic) bond motifs is 1. The molecule has 0 unspecified atom stereocenters. The summed E-state index contributed by atoms with van der Waals surface area (Å²) >= 11 is 0. The summed E-state index contributed by atoms with van der Waals surface area (Å²) in [7, 11) is -3.33. The second kappa shape index (κ2) is 4.45. The van der Waals surface area contributed by atoms with E-state index in [1.807, 2.05) is 0 Å². The molecule has 2 aromatic rings. The summed E-state index contributed by atoms with van der Waals surface area (Å²) in [5, 5.41) is 9.59. The first-order valence-corrected chi connectivity index (χ1v) is 7.21. The summed E-state index contributed by atoms with van der Waals surface area (Å²) in [6.07, 6.45) is 0. The summed E-state index contributed by atoms with van der Waals surface area (Å²) in [5.41, 5.74) is 0.318. The van der Waals surface area contributed by atoms with Gasteiger partial charge in [-0.1, -0.05) is 25.1 Å². The van der Waals surface area contributed by atoms with Crippen LogP contribution in [0.25, 0.3) is 11.0 Å². The molecule has 0 amide bonds. The lowest BCUT2D eigenvalue weighted by molar-refractivity contribution is 0.0697. The molecule has 96 valence electrons. The molecule has 1 aromatic heterocycles. The number of furan rings is 1. The van der Waals surface area contributed by atoms with Gasteiger partial charge in [0.05, 0.1) is 0 Å². The lowest BCUT2D eigenvalue weighted by Gasteiger charge is -1.99. The summed E-state index contributed by atoms with van der Waals surface area (Å²) in [5.74, 6) is -1.63. The number of carboxylic acid groups (broad SMARTS) is 1. The summed E-state index contributed by atoms with van der Waals surface area (Å²) < 4.78 is 28.5. The number of aromatic carboxylic acids is 1. The molecule has 1 N–H and O–H groups in total.